The van der Waals surface area contributed by atoms with E-state index < -0.39 is 0 Å². The van der Waals surface area contributed by atoms with E-state index in [0.29, 0.717) is 74.2 Å². The van der Waals surface area contributed by atoms with Gasteiger partial charge in [-0.25, -0.2) is 0 Å². The minimum atomic E-state index is -0.199. The zero-order valence-electron chi connectivity index (χ0n) is 21.2. The largest absolute Gasteiger partial charge is 0.370 e. The molecule has 0 aromatic heterocycles. The second-order valence-electron chi connectivity index (χ2n) is 11.0. The number of nitriles is 6. The second kappa shape index (κ2) is 10.0. The van der Waals surface area contributed by atoms with Crippen LogP contribution in [0, 0.1) is 78.8 Å². The lowest BCUT2D eigenvalue weighted by Crippen LogP contribution is -2.48. The van der Waals surface area contributed by atoms with Gasteiger partial charge in [-0.3, -0.25) is 0 Å². The quantitative estimate of drug-likeness (QED) is 0.529. The maximum atomic E-state index is 9.98. The van der Waals surface area contributed by atoms with Gasteiger partial charge in [0.1, 0.15) is 47.6 Å². The van der Waals surface area contributed by atoms with Gasteiger partial charge < -0.3 is 9.80 Å². The van der Waals surface area contributed by atoms with Gasteiger partial charge in [-0.2, -0.15) is 31.6 Å². The van der Waals surface area contributed by atoms with E-state index >= 15 is 0 Å². The van der Waals surface area contributed by atoms with Gasteiger partial charge in [0.2, 0.25) is 0 Å². The topological polar surface area (TPSA) is 149 Å². The van der Waals surface area contributed by atoms with E-state index in [1.165, 1.54) is 0 Å². The normalized spacial score (nSPS) is 20.8. The first-order valence-electron chi connectivity index (χ1n) is 11.9. The number of rotatable bonds is 2. The van der Waals surface area contributed by atoms with Crippen molar-refractivity contribution in [3.63, 3.8) is 0 Å². The summed E-state index contributed by atoms with van der Waals surface area (Å²) in [5.41, 5.74) is 3.21. The van der Waals surface area contributed by atoms with Crippen LogP contribution in [-0.2, 0) is 0 Å². The van der Waals surface area contributed by atoms with Crippen molar-refractivity contribution in [3.05, 3.63) is 44.8 Å². The van der Waals surface area contributed by atoms with E-state index in [-0.39, 0.29) is 22.0 Å². The Morgan fingerprint density at radius 1 is 0.556 bits per heavy atom. The lowest BCUT2D eigenvalue weighted by molar-refractivity contribution is 0.156. The third kappa shape index (κ3) is 4.96. The van der Waals surface area contributed by atoms with Gasteiger partial charge in [-0.15, -0.1) is 0 Å². The molecule has 0 aromatic rings. The fraction of sp³-hybridized carbons (Fsp3) is 0.500. The highest BCUT2D eigenvalue weighted by atomic mass is 15.3. The van der Waals surface area contributed by atoms with Crippen molar-refractivity contribution < 1.29 is 0 Å². The Labute approximate surface area is 213 Å². The highest BCUT2D eigenvalue weighted by Crippen LogP contribution is 2.46. The molecule has 180 valence electrons. The molecular formula is C28H28N8. The summed E-state index contributed by atoms with van der Waals surface area (Å²) in [5.74, 6) is 0. The zero-order chi connectivity index (χ0) is 26.7. The van der Waals surface area contributed by atoms with Gasteiger partial charge in [0.25, 0.3) is 0 Å². The molecule has 0 radical (unpaired) electrons. The van der Waals surface area contributed by atoms with Crippen LogP contribution < -0.4 is 0 Å². The molecule has 0 spiro atoms. The molecule has 8 heteroatoms. The number of piperazine rings is 1. The predicted octanol–water partition coefficient (Wildman–Crippen LogP) is 4.49. The highest BCUT2D eigenvalue weighted by Gasteiger charge is 2.38. The van der Waals surface area contributed by atoms with Crippen LogP contribution in [0.2, 0.25) is 0 Å². The number of nitrogens with zero attached hydrogens (tertiary/aromatic N) is 8. The Bertz CT molecular complexity index is 1210. The Balaban J connectivity index is 1.99. The van der Waals surface area contributed by atoms with E-state index in [9.17, 15) is 31.6 Å². The lowest BCUT2D eigenvalue weighted by atomic mass is 9.72. The van der Waals surface area contributed by atoms with Gasteiger partial charge >= 0.3 is 0 Å². The summed E-state index contributed by atoms with van der Waals surface area (Å²) in [6.45, 7) is 10.8. The molecule has 1 aliphatic heterocycles. The van der Waals surface area contributed by atoms with Crippen molar-refractivity contribution in [1.29, 1.82) is 31.6 Å². The van der Waals surface area contributed by atoms with Crippen molar-refractivity contribution in [1.82, 2.24) is 9.80 Å². The standard InChI is InChI=1S/C28H28N8/c1-27(2)9-21(19(13-29)14-30)23(17-33)25(11-27)35-5-7-36(8-6-35)26-12-28(3,4)10-22(24(26)18-34)20(15-31)16-32/h5-12H2,1-4H3. The summed E-state index contributed by atoms with van der Waals surface area (Å²) in [5, 5.41) is 57.8. The van der Waals surface area contributed by atoms with Gasteiger partial charge in [-0.05, 0) is 36.5 Å². The van der Waals surface area contributed by atoms with Crippen LogP contribution >= 0.6 is 0 Å². The Hall–Kier alpha value is -4.50. The summed E-state index contributed by atoms with van der Waals surface area (Å²) >= 11 is 0. The zero-order valence-corrected chi connectivity index (χ0v) is 21.2. The van der Waals surface area contributed by atoms with Crippen LogP contribution in [0.5, 0.6) is 0 Å². The van der Waals surface area contributed by atoms with Crippen LogP contribution in [0.1, 0.15) is 53.4 Å². The summed E-state index contributed by atoms with van der Waals surface area (Å²) in [4.78, 5) is 4.32. The SMILES string of the molecule is CC1(C)CC(=C(C#N)C#N)C(C#N)=C(N2CCN(C3=C(C#N)C(=C(C#N)C#N)CC(C)(C)C3)CC2)C1. The van der Waals surface area contributed by atoms with E-state index in [2.05, 4.69) is 49.6 Å². The minimum Gasteiger partial charge on any atom is -0.370 e. The summed E-state index contributed by atoms with van der Waals surface area (Å²) in [6, 6.07) is 12.4. The molecule has 2 aliphatic carbocycles. The van der Waals surface area contributed by atoms with Crippen molar-refractivity contribution in [2.75, 3.05) is 26.2 Å². The first-order valence-corrected chi connectivity index (χ1v) is 11.9. The highest BCUT2D eigenvalue weighted by molar-refractivity contribution is 5.58. The molecule has 0 unspecified atom stereocenters. The first-order chi connectivity index (χ1) is 17.0. The fourth-order valence-electron chi connectivity index (χ4n) is 5.49. The molecule has 1 heterocycles. The van der Waals surface area contributed by atoms with Gasteiger partial charge in [0.05, 0.1) is 11.1 Å². The predicted molar refractivity (Wildman–Crippen MR) is 131 cm³/mol. The second-order valence-corrected chi connectivity index (χ2v) is 11.0. The molecule has 1 saturated heterocycles. The molecule has 36 heavy (non-hydrogen) atoms. The molecule has 0 bridgehead atoms. The van der Waals surface area contributed by atoms with Crippen molar-refractivity contribution in [2.24, 2.45) is 10.8 Å². The van der Waals surface area contributed by atoms with Gasteiger partial charge in [0, 0.05) is 48.7 Å². The van der Waals surface area contributed by atoms with Crippen LogP contribution in [0.15, 0.2) is 44.8 Å². The molecular weight excluding hydrogens is 448 g/mol. The molecule has 3 rings (SSSR count). The van der Waals surface area contributed by atoms with E-state index in [1.807, 2.05) is 24.3 Å². The molecule has 0 atom stereocenters. The monoisotopic (exact) mass is 476 g/mol. The van der Waals surface area contributed by atoms with Crippen LogP contribution in [0.4, 0.5) is 0 Å². The fourth-order valence-corrected chi connectivity index (χ4v) is 5.49. The van der Waals surface area contributed by atoms with Crippen molar-refractivity contribution in [3.8, 4) is 36.4 Å². The van der Waals surface area contributed by atoms with Crippen molar-refractivity contribution in [2.45, 2.75) is 53.4 Å². The third-order valence-corrected chi connectivity index (χ3v) is 7.10. The number of hydrogen-bond donors (Lipinski definition) is 0. The van der Waals surface area contributed by atoms with E-state index in [4.69, 9.17) is 0 Å². The summed E-state index contributed by atoms with van der Waals surface area (Å²) in [6.07, 6.45) is 2.34. The Morgan fingerprint density at radius 3 is 1.11 bits per heavy atom. The average molecular weight is 477 g/mol. The van der Waals surface area contributed by atoms with Crippen LogP contribution in [0.25, 0.3) is 0 Å². The smallest absolute Gasteiger partial charge is 0.134 e. The van der Waals surface area contributed by atoms with Crippen LogP contribution in [0.3, 0.4) is 0 Å². The maximum Gasteiger partial charge on any atom is 0.134 e. The average Bonchev–Trinajstić information content (AvgIpc) is 2.84. The Kier molecular flexibility index (Phi) is 7.26. The van der Waals surface area contributed by atoms with E-state index in [0.717, 1.165) is 11.4 Å². The minimum absolute atomic E-state index is 0.00572. The molecule has 3 aliphatic rings. The van der Waals surface area contributed by atoms with Crippen molar-refractivity contribution >= 4 is 0 Å². The molecule has 0 N–H and O–H groups in total. The Morgan fingerprint density at radius 2 is 0.861 bits per heavy atom. The molecule has 8 nitrogen and oxygen atoms in total. The molecule has 0 amide bonds. The molecule has 0 aromatic carbocycles. The van der Waals surface area contributed by atoms with E-state index in [1.54, 1.807) is 0 Å². The van der Waals surface area contributed by atoms with Gasteiger partial charge in [0.15, 0.2) is 0 Å². The number of allylic oxidation sites excluding steroid dienone is 8. The summed E-state index contributed by atoms with van der Waals surface area (Å²) < 4.78 is 0. The maximum absolute atomic E-state index is 9.98. The lowest BCUT2D eigenvalue weighted by Gasteiger charge is -2.45. The summed E-state index contributed by atoms with van der Waals surface area (Å²) in [7, 11) is 0. The molecule has 1 fully saturated rings. The van der Waals surface area contributed by atoms with Crippen LogP contribution in [-0.4, -0.2) is 36.0 Å². The molecule has 0 saturated carbocycles. The number of hydrogen-bond acceptors (Lipinski definition) is 8. The third-order valence-electron chi connectivity index (χ3n) is 7.10. The van der Waals surface area contributed by atoms with Gasteiger partial charge in [-0.1, -0.05) is 27.7 Å². The first kappa shape index (κ1) is 26.1.